The Kier molecular flexibility index (Phi) is 3.59. The molecule has 112 valence electrons. The van der Waals surface area contributed by atoms with Crippen LogP contribution >= 0.6 is 0 Å². The van der Waals surface area contributed by atoms with Crippen LogP contribution in [0.1, 0.15) is 37.8 Å². The molecule has 0 aliphatic heterocycles. The normalized spacial score (nSPS) is 16.2. The Balaban J connectivity index is 1.68. The molecule has 1 aliphatic rings. The van der Waals surface area contributed by atoms with Gasteiger partial charge in [0.15, 0.2) is 5.65 Å². The quantitative estimate of drug-likeness (QED) is 0.789. The number of nitrogens with zero attached hydrogens (tertiary/aromatic N) is 3. The molecule has 3 aromatic heterocycles. The van der Waals surface area contributed by atoms with Gasteiger partial charge in [-0.05, 0) is 30.5 Å². The fourth-order valence-electron chi connectivity index (χ4n) is 3.46. The molecule has 0 spiro atoms. The highest BCUT2D eigenvalue weighted by atomic mass is 14.9. The molecule has 0 saturated heterocycles. The molecular formula is C18H20N4. The molecule has 0 bridgehead atoms. The van der Waals surface area contributed by atoms with E-state index in [-0.39, 0.29) is 0 Å². The second-order valence-corrected chi connectivity index (χ2v) is 6.17. The minimum absolute atomic E-state index is 0.770. The Morgan fingerprint density at radius 3 is 2.91 bits per heavy atom. The van der Waals surface area contributed by atoms with Gasteiger partial charge in [-0.1, -0.05) is 32.1 Å². The van der Waals surface area contributed by atoms with Crippen molar-refractivity contribution >= 4 is 11.2 Å². The molecule has 0 atom stereocenters. The summed E-state index contributed by atoms with van der Waals surface area (Å²) in [5, 5.41) is 0. The molecule has 1 aliphatic carbocycles. The summed E-state index contributed by atoms with van der Waals surface area (Å²) in [6.45, 7) is 0. The highest BCUT2D eigenvalue weighted by molar-refractivity contribution is 5.74. The molecule has 1 fully saturated rings. The van der Waals surface area contributed by atoms with E-state index >= 15 is 0 Å². The van der Waals surface area contributed by atoms with Crippen molar-refractivity contribution in [1.82, 2.24) is 19.9 Å². The average Bonchev–Trinajstić information content (AvgIpc) is 3.04. The van der Waals surface area contributed by atoms with E-state index in [0.29, 0.717) is 0 Å². The first-order valence-electron chi connectivity index (χ1n) is 8.14. The largest absolute Gasteiger partial charge is 0.345 e. The average molecular weight is 292 g/mol. The number of rotatable bonds is 3. The van der Waals surface area contributed by atoms with Crippen LogP contribution in [-0.2, 0) is 6.42 Å². The molecule has 1 N–H and O–H groups in total. The highest BCUT2D eigenvalue weighted by Crippen LogP contribution is 2.29. The highest BCUT2D eigenvalue weighted by Gasteiger charge is 2.17. The van der Waals surface area contributed by atoms with Crippen LogP contribution < -0.4 is 0 Å². The van der Waals surface area contributed by atoms with Crippen LogP contribution in [0.5, 0.6) is 0 Å². The third-order valence-electron chi connectivity index (χ3n) is 4.63. The standard InChI is InChI=1S/C18H20N4/c1-2-5-13(6-3-1)11-16-14(7-4-9-19-16)17-12-21-18-15(22-17)8-10-20-18/h4,7-10,12-13H,1-3,5-6,11H2,(H,20,21). The van der Waals surface area contributed by atoms with Gasteiger partial charge < -0.3 is 4.98 Å². The molecule has 0 amide bonds. The van der Waals surface area contributed by atoms with Gasteiger partial charge in [-0.3, -0.25) is 4.98 Å². The van der Waals surface area contributed by atoms with Crippen molar-refractivity contribution in [2.75, 3.05) is 0 Å². The summed E-state index contributed by atoms with van der Waals surface area (Å²) in [6, 6.07) is 6.07. The van der Waals surface area contributed by atoms with Gasteiger partial charge >= 0.3 is 0 Å². The minimum atomic E-state index is 0.770. The molecule has 0 aromatic carbocycles. The summed E-state index contributed by atoms with van der Waals surface area (Å²) >= 11 is 0. The lowest BCUT2D eigenvalue weighted by molar-refractivity contribution is 0.354. The van der Waals surface area contributed by atoms with Crippen LogP contribution in [0.4, 0.5) is 0 Å². The predicted octanol–water partition coefficient (Wildman–Crippen LogP) is 4.14. The van der Waals surface area contributed by atoms with Crippen LogP contribution in [0.2, 0.25) is 0 Å². The van der Waals surface area contributed by atoms with Crippen LogP contribution in [0.25, 0.3) is 22.4 Å². The number of pyridine rings is 1. The number of hydrogen-bond donors (Lipinski definition) is 1. The summed E-state index contributed by atoms with van der Waals surface area (Å²) in [5.41, 5.74) is 4.96. The van der Waals surface area contributed by atoms with E-state index in [1.54, 1.807) is 0 Å². The summed E-state index contributed by atoms with van der Waals surface area (Å²) in [4.78, 5) is 16.9. The maximum atomic E-state index is 4.73. The van der Waals surface area contributed by atoms with Crippen molar-refractivity contribution in [2.45, 2.75) is 38.5 Å². The molecule has 0 radical (unpaired) electrons. The molecule has 22 heavy (non-hydrogen) atoms. The van der Waals surface area contributed by atoms with E-state index in [4.69, 9.17) is 4.98 Å². The summed E-state index contributed by atoms with van der Waals surface area (Å²) < 4.78 is 0. The predicted molar refractivity (Wildman–Crippen MR) is 87.4 cm³/mol. The van der Waals surface area contributed by atoms with Crippen molar-refractivity contribution in [1.29, 1.82) is 0 Å². The Morgan fingerprint density at radius 2 is 2.00 bits per heavy atom. The molecule has 1 saturated carbocycles. The SMILES string of the molecule is c1cnc(CC2CCCCC2)c(-c2cnc3[nH]ccc3n2)c1. The van der Waals surface area contributed by atoms with E-state index in [2.05, 4.69) is 21.0 Å². The lowest BCUT2D eigenvalue weighted by Crippen LogP contribution is -2.11. The van der Waals surface area contributed by atoms with Crippen molar-refractivity contribution in [3.05, 3.63) is 42.5 Å². The van der Waals surface area contributed by atoms with Gasteiger partial charge in [0, 0.05) is 18.0 Å². The Bertz CT molecular complexity index is 771. The van der Waals surface area contributed by atoms with Crippen molar-refractivity contribution in [3.63, 3.8) is 0 Å². The van der Waals surface area contributed by atoms with E-state index in [0.717, 1.165) is 34.8 Å². The monoisotopic (exact) mass is 292 g/mol. The third-order valence-corrected chi connectivity index (χ3v) is 4.63. The fraction of sp³-hybridized carbons (Fsp3) is 0.389. The van der Waals surface area contributed by atoms with Crippen LogP contribution in [0.3, 0.4) is 0 Å². The number of nitrogens with one attached hydrogen (secondary N) is 1. The lowest BCUT2D eigenvalue weighted by atomic mass is 9.85. The van der Waals surface area contributed by atoms with Gasteiger partial charge in [-0.25, -0.2) is 9.97 Å². The Hall–Kier alpha value is -2.23. The zero-order chi connectivity index (χ0) is 14.8. The van der Waals surface area contributed by atoms with Crippen molar-refractivity contribution < 1.29 is 0 Å². The van der Waals surface area contributed by atoms with Crippen LogP contribution in [-0.4, -0.2) is 19.9 Å². The van der Waals surface area contributed by atoms with Gasteiger partial charge in [0.1, 0.15) is 5.52 Å². The third kappa shape index (κ3) is 2.61. The number of aromatic nitrogens is 4. The zero-order valence-corrected chi connectivity index (χ0v) is 12.6. The molecule has 4 nitrogen and oxygen atoms in total. The molecule has 3 heterocycles. The van der Waals surface area contributed by atoms with Gasteiger partial charge in [-0.15, -0.1) is 0 Å². The fourth-order valence-corrected chi connectivity index (χ4v) is 3.46. The second kappa shape index (κ2) is 5.87. The zero-order valence-electron chi connectivity index (χ0n) is 12.6. The van der Waals surface area contributed by atoms with Gasteiger partial charge in [-0.2, -0.15) is 0 Å². The van der Waals surface area contributed by atoms with E-state index in [1.165, 1.54) is 37.8 Å². The van der Waals surface area contributed by atoms with Crippen molar-refractivity contribution in [3.8, 4) is 11.3 Å². The van der Waals surface area contributed by atoms with Gasteiger partial charge in [0.05, 0.1) is 17.6 Å². The molecule has 4 heteroatoms. The molecule has 0 unspecified atom stereocenters. The first-order valence-corrected chi connectivity index (χ1v) is 8.14. The number of H-pyrrole nitrogens is 1. The maximum Gasteiger partial charge on any atom is 0.156 e. The summed E-state index contributed by atoms with van der Waals surface area (Å²) in [5.74, 6) is 0.770. The number of hydrogen-bond acceptors (Lipinski definition) is 3. The lowest BCUT2D eigenvalue weighted by Gasteiger charge is -2.22. The smallest absolute Gasteiger partial charge is 0.156 e. The number of aromatic amines is 1. The Morgan fingerprint density at radius 1 is 1.09 bits per heavy atom. The molecule has 4 rings (SSSR count). The number of fused-ring (bicyclic) bond motifs is 1. The summed E-state index contributed by atoms with van der Waals surface area (Å²) in [7, 11) is 0. The molecule has 3 aromatic rings. The first-order chi connectivity index (χ1) is 10.9. The Labute approximate surface area is 130 Å². The maximum absolute atomic E-state index is 4.73. The second-order valence-electron chi connectivity index (χ2n) is 6.17. The first kappa shape index (κ1) is 13.4. The van der Waals surface area contributed by atoms with E-state index in [9.17, 15) is 0 Å². The molecular weight excluding hydrogens is 272 g/mol. The topological polar surface area (TPSA) is 54.5 Å². The summed E-state index contributed by atoms with van der Waals surface area (Å²) in [6.07, 6.45) is 13.5. The van der Waals surface area contributed by atoms with Gasteiger partial charge in [0.25, 0.3) is 0 Å². The van der Waals surface area contributed by atoms with Crippen molar-refractivity contribution in [2.24, 2.45) is 5.92 Å². The van der Waals surface area contributed by atoms with E-state index < -0.39 is 0 Å². The van der Waals surface area contributed by atoms with E-state index in [1.807, 2.05) is 30.7 Å². The van der Waals surface area contributed by atoms with Gasteiger partial charge in [0.2, 0.25) is 0 Å². The van der Waals surface area contributed by atoms with Crippen LogP contribution in [0, 0.1) is 5.92 Å². The minimum Gasteiger partial charge on any atom is -0.345 e. The van der Waals surface area contributed by atoms with Crippen LogP contribution in [0.15, 0.2) is 36.8 Å².